The molecule has 9 heteroatoms. The highest BCUT2D eigenvalue weighted by Crippen LogP contribution is 2.64. The maximum absolute atomic E-state index is 14.5. The lowest BCUT2D eigenvalue weighted by molar-refractivity contribution is -0.312. The average Bonchev–Trinajstić information content (AvgIpc) is 3.42. The van der Waals surface area contributed by atoms with Crippen LogP contribution in [-0.2, 0) is 19.0 Å². The fourth-order valence-electron chi connectivity index (χ4n) is 10.4. The molecule has 3 saturated heterocycles. The van der Waals surface area contributed by atoms with Gasteiger partial charge in [0.15, 0.2) is 12.1 Å². The van der Waals surface area contributed by atoms with Crippen molar-refractivity contribution >= 4 is 5.78 Å². The highest BCUT2D eigenvalue weighted by Gasteiger charge is 2.63. The normalized spacial score (nSPS) is 53.9. The molecule has 0 bridgehead atoms. The van der Waals surface area contributed by atoms with Gasteiger partial charge < -0.3 is 40.0 Å². The van der Waals surface area contributed by atoms with E-state index in [1.807, 2.05) is 0 Å². The highest BCUT2D eigenvalue weighted by atomic mass is 16.7. The lowest BCUT2D eigenvalue weighted by Crippen LogP contribution is -2.60. The number of allylic oxidation sites excluding steroid dienone is 2. The first-order chi connectivity index (χ1) is 20.0. The maximum Gasteiger partial charge on any atom is 0.186 e. The summed E-state index contributed by atoms with van der Waals surface area (Å²) in [6.45, 7) is 9.60. The number of carbonyl (C=O) groups excluding carboxylic acids is 1. The second kappa shape index (κ2) is 10.4. The first-order valence-electron chi connectivity index (χ1n) is 16.3. The highest BCUT2D eigenvalue weighted by molar-refractivity contribution is 6.02. The van der Waals surface area contributed by atoms with Gasteiger partial charge >= 0.3 is 0 Å². The quantitative estimate of drug-likeness (QED) is 0.314. The fraction of sp³-hybridized carbons (Fsp3) is 0.848. The molecular weight excluding hydrogens is 538 g/mol. The molecule has 234 valence electrons. The van der Waals surface area contributed by atoms with Crippen LogP contribution >= 0.6 is 0 Å². The van der Waals surface area contributed by atoms with E-state index in [1.54, 1.807) is 0 Å². The van der Waals surface area contributed by atoms with Crippen molar-refractivity contribution in [1.29, 1.82) is 0 Å². The molecule has 4 aliphatic carbocycles. The van der Waals surface area contributed by atoms with Gasteiger partial charge in [-0.2, -0.15) is 0 Å². The van der Waals surface area contributed by atoms with Crippen LogP contribution in [-0.4, -0.2) is 93.9 Å². The van der Waals surface area contributed by atoms with E-state index in [2.05, 4.69) is 39.1 Å². The lowest BCUT2D eigenvalue weighted by Gasteiger charge is -2.49. The standard InChI is InChI=1S/C33H49NO8/c1-15-11-22-26(34-13-15)17(3)33(42-22)10-8-20-21-6-5-18-12-19(40-31-30(39)29(38)27(36)23(14-35)41-31)7-9-32(18,4)25(21)28(37)24(20)16(33)2/h5,15,17,19-23,25-27,29-31,34-36,38-39H,6-14H2,1-4H3/t15-,17+,19?,20-,21?,22+,23+,25+,26-,27+,29-,30+,31+,32-,33-/m0/s1. The number of ketones is 1. The van der Waals surface area contributed by atoms with E-state index in [-0.39, 0.29) is 35.1 Å². The van der Waals surface area contributed by atoms with Gasteiger partial charge in [0.2, 0.25) is 0 Å². The monoisotopic (exact) mass is 587 g/mol. The van der Waals surface area contributed by atoms with Crippen LogP contribution in [0.25, 0.3) is 0 Å². The molecule has 0 aromatic heterocycles. The van der Waals surface area contributed by atoms with Gasteiger partial charge in [0, 0.05) is 23.5 Å². The molecule has 7 aliphatic rings. The smallest absolute Gasteiger partial charge is 0.186 e. The minimum Gasteiger partial charge on any atom is -0.394 e. The Bertz CT molecular complexity index is 1170. The predicted molar refractivity (Wildman–Crippen MR) is 153 cm³/mol. The molecule has 0 radical (unpaired) electrons. The zero-order chi connectivity index (χ0) is 29.7. The summed E-state index contributed by atoms with van der Waals surface area (Å²) in [7, 11) is 0. The van der Waals surface area contributed by atoms with Crippen LogP contribution < -0.4 is 5.32 Å². The Kier molecular flexibility index (Phi) is 7.34. The molecule has 42 heavy (non-hydrogen) atoms. The molecular formula is C33H49NO8. The number of Topliss-reactive ketones (excluding diaryl/α,β-unsaturated/α-hetero) is 1. The number of ether oxygens (including phenoxy) is 3. The molecule has 3 aliphatic heterocycles. The molecule has 9 nitrogen and oxygen atoms in total. The molecule has 0 aromatic carbocycles. The molecule has 0 aromatic rings. The van der Waals surface area contributed by atoms with Crippen molar-refractivity contribution in [1.82, 2.24) is 5.32 Å². The molecule has 3 heterocycles. The van der Waals surface area contributed by atoms with Gasteiger partial charge in [-0.25, -0.2) is 0 Å². The first-order valence-corrected chi connectivity index (χ1v) is 16.3. The molecule has 0 amide bonds. The second-order valence-electron chi connectivity index (χ2n) is 14.9. The first kappa shape index (κ1) is 29.5. The minimum atomic E-state index is -1.46. The summed E-state index contributed by atoms with van der Waals surface area (Å²) >= 11 is 0. The number of fused-ring (bicyclic) bond motifs is 6. The van der Waals surface area contributed by atoms with Crippen LogP contribution in [0.1, 0.15) is 72.6 Å². The topological polar surface area (TPSA) is 138 Å². The Labute approximate surface area is 248 Å². The zero-order valence-corrected chi connectivity index (χ0v) is 25.4. The van der Waals surface area contributed by atoms with Crippen molar-refractivity contribution in [3.63, 3.8) is 0 Å². The number of hydrogen-bond donors (Lipinski definition) is 5. The van der Waals surface area contributed by atoms with Gasteiger partial charge in [0.25, 0.3) is 0 Å². The van der Waals surface area contributed by atoms with Gasteiger partial charge in [0.05, 0.1) is 24.4 Å². The van der Waals surface area contributed by atoms with Crippen LogP contribution in [0.4, 0.5) is 0 Å². The van der Waals surface area contributed by atoms with E-state index in [4.69, 9.17) is 14.2 Å². The number of carbonyl (C=O) groups is 1. The summed E-state index contributed by atoms with van der Waals surface area (Å²) in [6.07, 6.45) is 1.93. The zero-order valence-electron chi connectivity index (χ0n) is 25.4. The van der Waals surface area contributed by atoms with Gasteiger partial charge in [0.1, 0.15) is 24.4 Å². The number of hydrogen-bond acceptors (Lipinski definition) is 9. The Morgan fingerprint density at radius 2 is 1.90 bits per heavy atom. The number of rotatable bonds is 3. The maximum atomic E-state index is 14.5. The Morgan fingerprint density at radius 3 is 2.67 bits per heavy atom. The van der Waals surface area contributed by atoms with Crippen molar-refractivity contribution in [3.05, 3.63) is 22.8 Å². The van der Waals surface area contributed by atoms with Crippen molar-refractivity contribution in [3.8, 4) is 0 Å². The SMILES string of the molecule is CC1=C2C(=O)[C@H]3C(CC=C4CC(O[C@@H]5O[C@H](CO)[C@@H](O)[C@H](O)[C@H]5O)CC[C@@]43C)[C@@H]2CC[C@]12O[C@@H]1C[C@H](C)CN[C@H]1[C@H]2C. The number of piperidine rings is 1. The summed E-state index contributed by atoms with van der Waals surface area (Å²) in [5.74, 6) is 1.81. The van der Waals surface area contributed by atoms with Crippen molar-refractivity contribution < 1.29 is 39.4 Å². The predicted octanol–water partition coefficient (Wildman–Crippen LogP) is 2.01. The number of aliphatic hydroxyl groups is 4. The molecule has 15 atom stereocenters. The van der Waals surface area contributed by atoms with E-state index in [9.17, 15) is 25.2 Å². The second-order valence-corrected chi connectivity index (χ2v) is 14.9. The summed E-state index contributed by atoms with van der Waals surface area (Å²) in [5.41, 5.74) is 2.89. The van der Waals surface area contributed by atoms with Crippen LogP contribution in [0.3, 0.4) is 0 Å². The largest absolute Gasteiger partial charge is 0.394 e. The lowest BCUT2D eigenvalue weighted by atomic mass is 9.56. The van der Waals surface area contributed by atoms with E-state index >= 15 is 0 Å². The van der Waals surface area contributed by atoms with Gasteiger partial charge in [-0.1, -0.05) is 32.4 Å². The third-order valence-corrected chi connectivity index (χ3v) is 12.8. The van der Waals surface area contributed by atoms with Crippen LogP contribution in [0.15, 0.2) is 22.8 Å². The molecule has 2 unspecified atom stereocenters. The molecule has 5 N–H and O–H groups in total. The minimum absolute atomic E-state index is 0.0482. The molecule has 7 rings (SSSR count). The van der Waals surface area contributed by atoms with E-state index in [0.717, 1.165) is 44.2 Å². The Hall–Kier alpha value is -1.17. The van der Waals surface area contributed by atoms with Crippen LogP contribution in [0.2, 0.25) is 0 Å². The molecule has 5 fully saturated rings. The summed E-state index contributed by atoms with van der Waals surface area (Å²) in [5, 5.41) is 44.2. The van der Waals surface area contributed by atoms with Crippen molar-refractivity contribution in [2.75, 3.05) is 13.2 Å². The number of nitrogens with one attached hydrogen (secondary N) is 1. The number of aliphatic hydroxyl groups excluding tert-OH is 4. The van der Waals surface area contributed by atoms with Gasteiger partial charge in [-0.3, -0.25) is 4.79 Å². The van der Waals surface area contributed by atoms with E-state index in [0.29, 0.717) is 42.4 Å². The van der Waals surface area contributed by atoms with Gasteiger partial charge in [-0.05, 0) is 87.2 Å². The van der Waals surface area contributed by atoms with Crippen molar-refractivity contribution in [2.24, 2.45) is 35.0 Å². The molecule has 1 spiro atoms. The van der Waals surface area contributed by atoms with Gasteiger partial charge in [-0.15, -0.1) is 0 Å². The fourth-order valence-corrected chi connectivity index (χ4v) is 10.4. The average molecular weight is 588 g/mol. The third-order valence-electron chi connectivity index (χ3n) is 12.8. The third kappa shape index (κ3) is 4.14. The summed E-state index contributed by atoms with van der Waals surface area (Å²) in [6, 6.07) is 0.344. The molecule has 2 saturated carbocycles. The Morgan fingerprint density at radius 1 is 1.12 bits per heavy atom. The Balaban J connectivity index is 1.11. The van der Waals surface area contributed by atoms with E-state index in [1.165, 1.54) is 11.1 Å². The van der Waals surface area contributed by atoms with Crippen LogP contribution in [0, 0.1) is 35.0 Å². The van der Waals surface area contributed by atoms with Crippen molar-refractivity contribution in [2.45, 2.75) is 127 Å². The summed E-state index contributed by atoms with van der Waals surface area (Å²) < 4.78 is 18.8. The summed E-state index contributed by atoms with van der Waals surface area (Å²) in [4.78, 5) is 14.5. The van der Waals surface area contributed by atoms with E-state index < -0.39 is 37.3 Å². The van der Waals surface area contributed by atoms with Crippen LogP contribution in [0.5, 0.6) is 0 Å².